The van der Waals surface area contributed by atoms with Gasteiger partial charge >= 0.3 is 0 Å². The van der Waals surface area contributed by atoms with E-state index in [1.807, 2.05) is 31.2 Å². The number of anilines is 1. The van der Waals surface area contributed by atoms with Gasteiger partial charge < -0.3 is 16.2 Å². The number of amides is 1. The second-order valence-corrected chi connectivity index (χ2v) is 5.95. The normalized spacial score (nSPS) is 14.3. The van der Waals surface area contributed by atoms with Crippen molar-refractivity contribution in [2.24, 2.45) is 0 Å². The van der Waals surface area contributed by atoms with Gasteiger partial charge in [0, 0.05) is 16.4 Å². The minimum Gasteiger partial charge on any atom is -0.399 e. The molecule has 2 aromatic rings. The van der Waals surface area contributed by atoms with Gasteiger partial charge in [-0.2, -0.15) is 0 Å². The summed E-state index contributed by atoms with van der Waals surface area (Å²) in [5.41, 5.74) is 6.42. The zero-order valence-electron chi connectivity index (χ0n) is 11.0. The molecule has 0 spiro atoms. The van der Waals surface area contributed by atoms with Crippen molar-refractivity contribution in [3.63, 3.8) is 0 Å². The van der Waals surface area contributed by atoms with Crippen LogP contribution in [0.2, 0.25) is 0 Å². The molecule has 102 valence electrons. The summed E-state index contributed by atoms with van der Waals surface area (Å²) in [6.07, 6.45) is 0.126. The van der Waals surface area contributed by atoms with E-state index in [0.717, 1.165) is 10.1 Å². The first-order valence-electron chi connectivity index (χ1n) is 6.23. The lowest BCUT2D eigenvalue weighted by Gasteiger charge is -2.14. The number of aliphatic hydroxyl groups excluding tert-OH is 1. The highest BCUT2D eigenvalue weighted by Crippen LogP contribution is 2.27. The molecule has 0 aliphatic heterocycles. The standard InChI is InChI=1S/C14H18N2O2S/c1-8(5-9(2)17)16-14(18)13-7-10-6-11(15)3-4-12(10)19-13/h3-4,6-9,17H,5,15H2,1-2H3,(H,16,18). The predicted molar refractivity (Wildman–Crippen MR) is 79.5 cm³/mol. The molecule has 0 bridgehead atoms. The number of rotatable bonds is 4. The molecule has 0 fully saturated rings. The summed E-state index contributed by atoms with van der Waals surface area (Å²) in [6.45, 7) is 3.60. The molecule has 1 aromatic carbocycles. The molecule has 0 radical (unpaired) electrons. The Hall–Kier alpha value is -1.59. The van der Waals surface area contributed by atoms with Crippen LogP contribution in [0.1, 0.15) is 29.9 Å². The number of carbonyl (C=O) groups excluding carboxylic acids is 1. The van der Waals surface area contributed by atoms with Gasteiger partial charge in [-0.1, -0.05) is 0 Å². The van der Waals surface area contributed by atoms with Crippen molar-refractivity contribution in [3.05, 3.63) is 29.1 Å². The number of carbonyl (C=O) groups is 1. The molecule has 4 nitrogen and oxygen atoms in total. The summed E-state index contributed by atoms with van der Waals surface area (Å²) in [5, 5.41) is 13.2. The average molecular weight is 278 g/mol. The van der Waals surface area contributed by atoms with E-state index in [1.165, 1.54) is 11.3 Å². The van der Waals surface area contributed by atoms with Crippen molar-refractivity contribution < 1.29 is 9.90 Å². The highest BCUT2D eigenvalue weighted by molar-refractivity contribution is 7.20. The van der Waals surface area contributed by atoms with Crippen LogP contribution in [-0.2, 0) is 0 Å². The van der Waals surface area contributed by atoms with E-state index in [1.54, 1.807) is 6.92 Å². The summed E-state index contributed by atoms with van der Waals surface area (Å²) >= 11 is 1.44. The van der Waals surface area contributed by atoms with Gasteiger partial charge in [0.1, 0.15) is 0 Å². The molecule has 1 heterocycles. The van der Waals surface area contributed by atoms with Crippen LogP contribution in [-0.4, -0.2) is 23.2 Å². The fraction of sp³-hybridized carbons (Fsp3) is 0.357. The fourth-order valence-corrected chi connectivity index (χ4v) is 2.99. The van der Waals surface area contributed by atoms with Crippen molar-refractivity contribution in [1.82, 2.24) is 5.32 Å². The van der Waals surface area contributed by atoms with Gasteiger partial charge in [0.15, 0.2) is 0 Å². The molecule has 2 unspecified atom stereocenters. The summed E-state index contributed by atoms with van der Waals surface area (Å²) < 4.78 is 1.04. The Kier molecular flexibility index (Phi) is 4.07. The van der Waals surface area contributed by atoms with E-state index >= 15 is 0 Å². The van der Waals surface area contributed by atoms with Gasteiger partial charge in [0.25, 0.3) is 5.91 Å². The number of benzene rings is 1. The van der Waals surface area contributed by atoms with Gasteiger partial charge in [-0.05, 0) is 49.9 Å². The van der Waals surface area contributed by atoms with Crippen LogP contribution in [0.15, 0.2) is 24.3 Å². The zero-order chi connectivity index (χ0) is 14.0. The number of nitrogens with one attached hydrogen (secondary N) is 1. The quantitative estimate of drug-likeness (QED) is 0.752. The second kappa shape index (κ2) is 5.59. The molecular weight excluding hydrogens is 260 g/mol. The van der Waals surface area contributed by atoms with Crippen LogP contribution >= 0.6 is 11.3 Å². The summed E-state index contributed by atoms with van der Waals surface area (Å²) in [4.78, 5) is 12.7. The molecule has 0 saturated heterocycles. The maximum Gasteiger partial charge on any atom is 0.261 e. The van der Waals surface area contributed by atoms with Crippen LogP contribution < -0.4 is 11.1 Å². The molecule has 5 heteroatoms. The third-order valence-electron chi connectivity index (χ3n) is 2.84. The van der Waals surface area contributed by atoms with E-state index < -0.39 is 6.10 Å². The molecule has 19 heavy (non-hydrogen) atoms. The van der Waals surface area contributed by atoms with Crippen molar-refractivity contribution in [1.29, 1.82) is 0 Å². The number of nitrogens with two attached hydrogens (primary N) is 1. The van der Waals surface area contributed by atoms with Crippen LogP contribution in [0, 0.1) is 0 Å². The van der Waals surface area contributed by atoms with Gasteiger partial charge in [-0.25, -0.2) is 0 Å². The number of fused-ring (bicyclic) bond motifs is 1. The molecule has 0 aliphatic carbocycles. The Morgan fingerprint density at radius 3 is 2.84 bits per heavy atom. The van der Waals surface area contributed by atoms with Gasteiger partial charge in [0.2, 0.25) is 0 Å². The molecule has 2 atom stereocenters. The fourth-order valence-electron chi connectivity index (χ4n) is 2.04. The minimum absolute atomic E-state index is 0.0530. The first kappa shape index (κ1) is 13.8. The predicted octanol–water partition coefficient (Wildman–Crippen LogP) is 2.37. The average Bonchev–Trinajstić information content (AvgIpc) is 2.70. The minimum atomic E-state index is -0.419. The summed E-state index contributed by atoms with van der Waals surface area (Å²) in [5.74, 6) is -0.104. The van der Waals surface area contributed by atoms with E-state index in [-0.39, 0.29) is 11.9 Å². The van der Waals surface area contributed by atoms with E-state index in [2.05, 4.69) is 5.32 Å². The highest BCUT2D eigenvalue weighted by atomic mass is 32.1. The molecule has 0 aliphatic rings. The van der Waals surface area contributed by atoms with E-state index in [4.69, 9.17) is 5.73 Å². The first-order chi connectivity index (χ1) is 8.95. The molecule has 1 amide bonds. The Balaban J connectivity index is 2.13. The smallest absolute Gasteiger partial charge is 0.261 e. The molecular formula is C14H18N2O2S. The SMILES string of the molecule is CC(O)CC(C)NC(=O)c1cc2cc(N)ccc2s1. The Morgan fingerprint density at radius 2 is 2.16 bits per heavy atom. The topological polar surface area (TPSA) is 75.3 Å². The number of thiophene rings is 1. The van der Waals surface area contributed by atoms with Crippen LogP contribution in [0.25, 0.3) is 10.1 Å². The molecule has 4 N–H and O–H groups in total. The second-order valence-electron chi connectivity index (χ2n) is 4.87. The third kappa shape index (κ3) is 3.45. The Labute approximate surface area is 116 Å². The lowest BCUT2D eigenvalue weighted by Crippen LogP contribution is -2.34. The van der Waals surface area contributed by atoms with Gasteiger partial charge in [-0.15, -0.1) is 11.3 Å². The lowest BCUT2D eigenvalue weighted by atomic mass is 10.1. The lowest BCUT2D eigenvalue weighted by molar-refractivity contribution is 0.0927. The van der Waals surface area contributed by atoms with Gasteiger partial charge in [0.05, 0.1) is 11.0 Å². The van der Waals surface area contributed by atoms with Crippen molar-refractivity contribution in [3.8, 4) is 0 Å². The van der Waals surface area contributed by atoms with Crippen LogP contribution in [0.3, 0.4) is 0 Å². The highest BCUT2D eigenvalue weighted by Gasteiger charge is 2.14. The van der Waals surface area contributed by atoms with Gasteiger partial charge in [-0.3, -0.25) is 4.79 Å². The largest absolute Gasteiger partial charge is 0.399 e. The summed E-state index contributed by atoms with van der Waals surface area (Å²) in [7, 11) is 0. The van der Waals surface area contributed by atoms with E-state index in [0.29, 0.717) is 17.0 Å². The Morgan fingerprint density at radius 1 is 1.42 bits per heavy atom. The van der Waals surface area contributed by atoms with Crippen molar-refractivity contribution in [2.75, 3.05) is 5.73 Å². The summed E-state index contributed by atoms with van der Waals surface area (Å²) in [6, 6.07) is 7.41. The number of aliphatic hydroxyl groups is 1. The number of hydrogen-bond acceptors (Lipinski definition) is 4. The third-order valence-corrected chi connectivity index (χ3v) is 3.95. The Bertz CT molecular complexity index is 592. The number of hydrogen-bond donors (Lipinski definition) is 3. The monoisotopic (exact) mass is 278 g/mol. The maximum atomic E-state index is 12.1. The number of nitrogen functional groups attached to an aromatic ring is 1. The molecule has 2 rings (SSSR count). The zero-order valence-corrected chi connectivity index (χ0v) is 11.8. The van der Waals surface area contributed by atoms with Crippen molar-refractivity contribution in [2.45, 2.75) is 32.4 Å². The molecule has 1 aromatic heterocycles. The first-order valence-corrected chi connectivity index (χ1v) is 7.05. The molecule has 0 saturated carbocycles. The van der Waals surface area contributed by atoms with Crippen LogP contribution in [0.5, 0.6) is 0 Å². The maximum absolute atomic E-state index is 12.1. The van der Waals surface area contributed by atoms with Crippen molar-refractivity contribution >= 4 is 33.0 Å². The van der Waals surface area contributed by atoms with Crippen LogP contribution in [0.4, 0.5) is 5.69 Å². The van der Waals surface area contributed by atoms with E-state index in [9.17, 15) is 9.90 Å².